The monoisotopic (exact) mass is 351 g/mol. The molecule has 1 N–H and O–H groups in total. The molecule has 1 aliphatic heterocycles. The van der Waals surface area contributed by atoms with E-state index in [1.807, 2.05) is 0 Å². The predicted octanol–water partition coefficient (Wildman–Crippen LogP) is 2.82. The van der Waals surface area contributed by atoms with Gasteiger partial charge in [0.1, 0.15) is 22.4 Å². The zero-order valence-electron chi connectivity index (χ0n) is 12.4. The van der Waals surface area contributed by atoms with Crippen LogP contribution in [-0.2, 0) is 4.79 Å². The van der Waals surface area contributed by atoms with Crippen LogP contribution in [0, 0.1) is 24.2 Å². The van der Waals surface area contributed by atoms with Crippen LogP contribution >= 0.6 is 23.1 Å². The minimum absolute atomic E-state index is 0.0548. The van der Waals surface area contributed by atoms with Crippen molar-refractivity contribution in [3.63, 3.8) is 0 Å². The predicted molar refractivity (Wildman–Crippen MR) is 86.6 cm³/mol. The van der Waals surface area contributed by atoms with Gasteiger partial charge in [-0.2, -0.15) is 9.64 Å². The van der Waals surface area contributed by atoms with Crippen molar-refractivity contribution in [1.82, 2.24) is 9.53 Å². The van der Waals surface area contributed by atoms with Crippen molar-refractivity contribution >= 4 is 39.9 Å². The summed E-state index contributed by atoms with van der Waals surface area (Å²) in [6.07, 6.45) is 1.39. The number of aryl methyl sites for hydroxylation is 1. The number of amides is 1. The molecule has 0 radical (unpaired) electrons. The van der Waals surface area contributed by atoms with Crippen LogP contribution in [0.25, 0.3) is 0 Å². The van der Waals surface area contributed by atoms with Gasteiger partial charge in [-0.05, 0) is 31.3 Å². The summed E-state index contributed by atoms with van der Waals surface area (Å²) in [6.45, 7) is 3.14. The zero-order valence-corrected chi connectivity index (χ0v) is 13.9. The van der Waals surface area contributed by atoms with Crippen molar-refractivity contribution in [1.29, 1.82) is 5.26 Å². The normalized spacial score (nSPS) is 15.4. The fourth-order valence-electron chi connectivity index (χ4n) is 2.57. The zero-order chi connectivity index (χ0) is 16.4. The molecule has 7 nitrogen and oxygen atoms in total. The van der Waals surface area contributed by atoms with Crippen molar-refractivity contribution in [2.24, 2.45) is 5.92 Å². The molecule has 9 heteroatoms. The van der Waals surface area contributed by atoms with Gasteiger partial charge in [0.15, 0.2) is 11.0 Å². The molecular formula is C14H14ClN5O2S. The molecule has 1 amide bonds. The van der Waals surface area contributed by atoms with Gasteiger partial charge in [-0.1, -0.05) is 16.8 Å². The number of carbonyl (C=O) groups excluding carboxylic acids is 1. The molecule has 0 aliphatic carbocycles. The molecular weight excluding hydrogens is 338 g/mol. The molecule has 23 heavy (non-hydrogen) atoms. The summed E-state index contributed by atoms with van der Waals surface area (Å²) in [7, 11) is 0. The molecule has 0 aromatic carbocycles. The molecule has 0 unspecified atom stereocenters. The maximum atomic E-state index is 12.3. The van der Waals surface area contributed by atoms with Crippen LogP contribution < -0.4 is 10.2 Å². The van der Waals surface area contributed by atoms with E-state index in [0.29, 0.717) is 43.1 Å². The van der Waals surface area contributed by atoms with E-state index in [9.17, 15) is 4.79 Å². The van der Waals surface area contributed by atoms with Crippen LogP contribution in [0.15, 0.2) is 10.6 Å². The summed E-state index contributed by atoms with van der Waals surface area (Å²) in [4.78, 5) is 14.3. The molecule has 0 saturated carbocycles. The number of rotatable bonds is 3. The van der Waals surface area contributed by atoms with E-state index in [-0.39, 0.29) is 17.0 Å². The molecule has 1 aliphatic rings. The number of hydrogen-bond donors (Lipinski definition) is 1. The fourth-order valence-corrected chi connectivity index (χ4v) is 3.65. The summed E-state index contributed by atoms with van der Waals surface area (Å²) in [6, 6.07) is 3.77. The molecule has 0 bridgehead atoms. The van der Waals surface area contributed by atoms with E-state index in [0.717, 1.165) is 5.00 Å². The highest BCUT2D eigenvalue weighted by Crippen LogP contribution is 2.33. The number of hydrogen-bond acceptors (Lipinski definition) is 7. The van der Waals surface area contributed by atoms with Gasteiger partial charge in [-0.25, -0.2) is 0 Å². The number of nitriles is 1. The smallest absolute Gasteiger partial charge is 0.228 e. The first-order valence-electron chi connectivity index (χ1n) is 7.13. The SMILES string of the molecule is Cc1cc(NC(=O)C2CCN(c3snc(Cl)c3C#N)CC2)no1. The molecule has 3 rings (SSSR count). The third-order valence-electron chi connectivity index (χ3n) is 3.78. The molecule has 1 saturated heterocycles. The van der Waals surface area contributed by atoms with Crippen molar-refractivity contribution in [3.05, 3.63) is 22.5 Å². The van der Waals surface area contributed by atoms with Gasteiger partial charge < -0.3 is 14.7 Å². The Morgan fingerprint density at radius 3 is 2.91 bits per heavy atom. The van der Waals surface area contributed by atoms with Crippen LogP contribution in [-0.4, -0.2) is 28.5 Å². The third kappa shape index (κ3) is 3.30. The Morgan fingerprint density at radius 2 is 2.30 bits per heavy atom. The number of halogens is 1. The summed E-state index contributed by atoms with van der Waals surface area (Å²) in [5.41, 5.74) is 0.414. The Balaban J connectivity index is 1.60. The standard InChI is InChI=1S/C14H14ClN5O2S/c1-8-6-11(18-22-8)17-13(21)9-2-4-20(5-3-9)14-10(7-16)12(15)19-23-14/h6,9H,2-5H2,1H3,(H,17,18,21). The van der Waals surface area contributed by atoms with Gasteiger partial charge >= 0.3 is 0 Å². The summed E-state index contributed by atoms with van der Waals surface area (Å²) in [5.74, 6) is 0.954. The lowest BCUT2D eigenvalue weighted by molar-refractivity contribution is -0.120. The Labute approximate surface area is 142 Å². The van der Waals surface area contributed by atoms with E-state index in [1.54, 1.807) is 13.0 Å². The largest absolute Gasteiger partial charge is 0.361 e. The molecule has 0 spiro atoms. The van der Waals surface area contributed by atoms with Crippen LogP contribution in [0.2, 0.25) is 5.15 Å². The van der Waals surface area contributed by atoms with Gasteiger partial charge in [0.2, 0.25) is 5.91 Å². The van der Waals surface area contributed by atoms with Crippen molar-refractivity contribution in [3.8, 4) is 6.07 Å². The first kappa shape index (κ1) is 15.8. The molecule has 1 fully saturated rings. The minimum Gasteiger partial charge on any atom is -0.361 e. The van der Waals surface area contributed by atoms with Crippen LogP contribution in [0.1, 0.15) is 24.2 Å². The molecule has 0 atom stereocenters. The van der Waals surface area contributed by atoms with Crippen molar-refractivity contribution in [2.45, 2.75) is 19.8 Å². The summed E-state index contributed by atoms with van der Waals surface area (Å²) < 4.78 is 8.95. The minimum atomic E-state index is -0.0859. The summed E-state index contributed by atoms with van der Waals surface area (Å²) >= 11 is 7.13. The highest BCUT2D eigenvalue weighted by atomic mass is 35.5. The maximum Gasteiger partial charge on any atom is 0.228 e. The van der Waals surface area contributed by atoms with Crippen LogP contribution in [0.4, 0.5) is 10.8 Å². The fraction of sp³-hybridized carbons (Fsp3) is 0.429. The lowest BCUT2D eigenvalue weighted by atomic mass is 9.96. The first-order valence-corrected chi connectivity index (χ1v) is 8.28. The lowest BCUT2D eigenvalue weighted by Crippen LogP contribution is -2.38. The quantitative estimate of drug-likeness (QED) is 0.913. The average Bonchev–Trinajstić information content (AvgIpc) is 3.13. The van der Waals surface area contributed by atoms with Gasteiger partial charge in [-0.15, -0.1) is 0 Å². The number of carbonyl (C=O) groups is 1. The number of piperidine rings is 1. The third-order valence-corrected chi connectivity index (χ3v) is 5.06. The molecule has 2 aromatic heterocycles. The van der Waals surface area contributed by atoms with Crippen LogP contribution in [0.3, 0.4) is 0 Å². The summed E-state index contributed by atoms with van der Waals surface area (Å²) in [5, 5.41) is 16.7. The molecule has 3 heterocycles. The highest BCUT2D eigenvalue weighted by Gasteiger charge is 2.28. The number of nitrogens with zero attached hydrogens (tertiary/aromatic N) is 4. The van der Waals surface area contributed by atoms with Crippen LogP contribution in [0.5, 0.6) is 0 Å². The Kier molecular flexibility index (Phi) is 4.50. The van der Waals surface area contributed by atoms with Crippen molar-refractivity contribution < 1.29 is 9.32 Å². The number of anilines is 2. The topological polar surface area (TPSA) is 95.1 Å². The second kappa shape index (κ2) is 6.56. The van der Waals surface area contributed by atoms with Gasteiger partial charge in [0, 0.05) is 25.1 Å². The Morgan fingerprint density at radius 1 is 1.57 bits per heavy atom. The second-order valence-corrected chi connectivity index (χ2v) is 6.45. The van der Waals surface area contributed by atoms with E-state index in [1.165, 1.54) is 11.5 Å². The maximum absolute atomic E-state index is 12.3. The van der Waals surface area contributed by atoms with Gasteiger partial charge in [0.05, 0.1) is 0 Å². The first-order chi connectivity index (χ1) is 11.1. The number of aromatic nitrogens is 2. The molecule has 2 aromatic rings. The van der Waals surface area contributed by atoms with Crippen molar-refractivity contribution in [2.75, 3.05) is 23.3 Å². The molecule has 120 valence electrons. The lowest BCUT2D eigenvalue weighted by Gasteiger charge is -2.31. The van der Waals surface area contributed by atoms with E-state index in [2.05, 4.69) is 25.8 Å². The van der Waals surface area contributed by atoms with Gasteiger partial charge in [-0.3, -0.25) is 4.79 Å². The number of nitrogens with one attached hydrogen (secondary N) is 1. The Bertz CT molecular complexity index is 758. The van der Waals surface area contributed by atoms with E-state index in [4.69, 9.17) is 21.4 Å². The second-order valence-electron chi connectivity index (χ2n) is 5.34. The Hall–Kier alpha value is -2.11. The highest BCUT2D eigenvalue weighted by molar-refractivity contribution is 7.10. The average molecular weight is 352 g/mol. The van der Waals surface area contributed by atoms with E-state index >= 15 is 0 Å². The van der Waals surface area contributed by atoms with E-state index < -0.39 is 0 Å². The van der Waals surface area contributed by atoms with Gasteiger partial charge in [0.25, 0.3) is 0 Å².